The van der Waals surface area contributed by atoms with Crippen LogP contribution in [0.3, 0.4) is 0 Å². The largest absolute Gasteiger partial charge is 0.459 e. The molecule has 1 unspecified atom stereocenters. The third-order valence-corrected chi connectivity index (χ3v) is 5.34. The van der Waals surface area contributed by atoms with Gasteiger partial charge in [0.2, 0.25) is 0 Å². The highest BCUT2D eigenvalue weighted by Crippen LogP contribution is 2.30. The van der Waals surface area contributed by atoms with Crippen LogP contribution in [0.5, 0.6) is 0 Å². The number of aliphatic hydroxyl groups is 1. The Bertz CT molecular complexity index is 1210. The molecule has 0 saturated carbocycles. The predicted octanol–water partition coefficient (Wildman–Crippen LogP) is 0.681. The summed E-state index contributed by atoms with van der Waals surface area (Å²) in [7, 11) is 0. The smallest absolute Gasteiger partial charge is 0.351 e. The summed E-state index contributed by atoms with van der Waals surface area (Å²) in [4.78, 5) is 74.4. The molecule has 35 heavy (non-hydrogen) atoms. The number of hydrogen-bond donors (Lipinski definition) is 2. The minimum atomic E-state index is -0.895. The van der Waals surface area contributed by atoms with Gasteiger partial charge in [-0.05, 0) is 19.1 Å². The van der Waals surface area contributed by atoms with Gasteiger partial charge in [0.25, 0.3) is 5.91 Å². The van der Waals surface area contributed by atoms with Gasteiger partial charge in [0.1, 0.15) is 30.0 Å². The topological polar surface area (TPSA) is 171 Å². The number of amides is 1. The van der Waals surface area contributed by atoms with Crippen molar-refractivity contribution in [3.63, 3.8) is 0 Å². The number of aliphatic hydroxyl groups excluding tert-OH is 1. The van der Waals surface area contributed by atoms with E-state index in [9.17, 15) is 33.9 Å². The van der Waals surface area contributed by atoms with Gasteiger partial charge in [-0.2, -0.15) is 4.98 Å². The zero-order valence-electron chi connectivity index (χ0n) is 18.7. The molecule has 1 aromatic heterocycles. The summed E-state index contributed by atoms with van der Waals surface area (Å²) in [5.41, 5.74) is -0.892. The van der Waals surface area contributed by atoms with E-state index in [1.165, 1.54) is 37.4 Å². The van der Waals surface area contributed by atoms with Crippen molar-refractivity contribution in [1.29, 1.82) is 0 Å². The number of nitrogens with one attached hydrogen (secondary N) is 1. The average Bonchev–Trinajstić information content (AvgIpc) is 3.24. The highest BCUT2D eigenvalue weighted by molar-refractivity contribution is 6.10. The third-order valence-electron chi connectivity index (χ3n) is 5.34. The molecule has 0 bridgehead atoms. The number of rotatable bonds is 10. The van der Waals surface area contributed by atoms with Gasteiger partial charge in [-0.1, -0.05) is 12.1 Å². The molecule has 1 fully saturated rings. The molecule has 0 spiro atoms. The molecule has 0 aliphatic carbocycles. The summed E-state index contributed by atoms with van der Waals surface area (Å²) in [6.45, 7) is 0.893. The van der Waals surface area contributed by atoms with Crippen molar-refractivity contribution in [3.8, 4) is 0 Å². The first-order valence-corrected chi connectivity index (χ1v) is 10.7. The van der Waals surface area contributed by atoms with Crippen molar-refractivity contribution in [2.45, 2.75) is 44.6 Å². The van der Waals surface area contributed by atoms with Crippen LogP contribution in [-0.2, 0) is 19.1 Å². The first-order valence-electron chi connectivity index (χ1n) is 10.7. The quantitative estimate of drug-likeness (QED) is 0.360. The van der Waals surface area contributed by atoms with Gasteiger partial charge in [0, 0.05) is 30.2 Å². The fourth-order valence-corrected chi connectivity index (χ4v) is 3.57. The molecule has 1 aliphatic rings. The number of ether oxygens (including phenoxy) is 2. The Hall–Kier alpha value is -4.03. The molecule has 12 nitrogen and oxygen atoms in total. The van der Waals surface area contributed by atoms with Crippen molar-refractivity contribution in [2.75, 3.05) is 11.9 Å². The minimum absolute atomic E-state index is 0.0317. The van der Waals surface area contributed by atoms with Gasteiger partial charge in [-0.15, -0.1) is 0 Å². The summed E-state index contributed by atoms with van der Waals surface area (Å²) < 4.78 is 12.0. The molecular weight excluding hydrogens is 462 g/mol. The van der Waals surface area contributed by atoms with Crippen LogP contribution in [0.15, 0.2) is 35.3 Å². The molecule has 0 radical (unpaired) electrons. The Labute approximate surface area is 198 Å². The summed E-state index contributed by atoms with van der Waals surface area (Å²) in [6.07, 6.45) is -0.457. The first kappa shape index (κ1) is 25.6. The van der Waals surface area contributed by atoms with E-state index < -0.39 is 42.6 Å². The van der Waals surface area contributed by atoms with E-state index in [-0.39, 0.29) is 47.6 Å². The van der Waals surface area contributed by atoms with Crippen LogP contribution in [0, 0.1) is 0 Å². The number of Topliss-reactive ketones (excluding diaryl/α,β-unsaturated/α-hetero) is 1. The first-order chi connectivity index (χ1) is 16.8. The molecule has 12 heteroatoms. The molecule has 2 aromatic rings. The van der Waals surface area contributed by atoms with E-state index >= 15 is 0 Å². The zero-order chi connectivity index (χ0) is 25.5. The van der Waals surface area contributed by atoms with Gasteiger partial charge in [-0.3, -0.25) is 23.7 Å². The standard InChI is InChI=1S/C23H23N3O9/c1-13(30)5-6-21(31)35-17-9-20(34-18(17)12-29)26-8-7-19(25-23(26)33)24-22(32)15-4-2-3-14(10-27)16(15)11-28/h2-4,7-8,10-11,17-18,20,29H,5-6,9,12H2,1H3,(H,24,25,32,33)/t17?,18-,20-/m1/s1. The van der Waals surface area contributed by atoms with Crippen LogP contribution in [0.25, 0.3) is 0 Å². The molecule has 3 rings (SSSR count). The Morgan fingerprint density at radius 3 is 2.63 bits per heavy atom. The van der Waals surface area contributed by atoms with Crippen LogP contribution in [-0.4, -0.2) is 63.7 Å². The van der Waals surface area contributed by atoms with Crippen LogP contribution < -0.4 is 11.0 Å². The lowest BCUT2D eigenvalue weighted by molar-refractivity contribution is -0.153. The van der Waals surface area contributed by atoms with Crippen LogP contribution in [0.2, 0.25) is 0 Å². The van der Waals surface area contributed by atoms with Crippen molar-refractivity contribution in [1.82, 2.24) is 9.55 Å². The number of aldehydes is 2. The van der Waals surface area contributed by atoms with E-state index in [2.05, 4.69) is 10.3 Å². The Morgan fingerprint density at radius 1 is 1.23 bits per heavy atom. The third kappa shape index (κ3) is 6.11. The second-order valence-corrected chi connectivity index (χ2v) is 7.78. The average molecular weight is 485 g/mol. The van der Waals surface area contributed by atoms with Crippen molar-refractivity contribution in [3.05, 3.63) is 57.6 Å². The Morgan fingerprint density at radius 2 is 2.00 bits per heavy atom. The number of anilines is 1. The minimum Gasteiger partial charge on any atom is -0.459 e. The molecule has 2 heterocycles. The molecule has 1 aromatic carbocycles. The van der Waals surface area contributed by atoms with Gasteiger partial charge in [0.15, 0.2) is 12.6 Å². The number of carbonyl (C=O) groups is 5. The molecule has 1 saturated heterocycles. The number of ketones is 1. The lowest BCUT2D eigenvalue weighted by atomic mass is 10.0. The maximum atomic E-state index is 12.6. The summed E-state index contributed by atoms with van der Waals surface area (Å²) in [5.74, 6) is -1.63. The SMILES string of the molecule is CC(=O)CCC(=O)OC1C[C@H](n2ccc(NC(=O)c3cccc(C=O)c3C=O)nc2=O)O[C@@H]1CO. The van der Waals surface area contributed by atoms with Crippen molar-refractivity contribution < 1.29 is 38.6 Å². The highest BCUT2D eigenvalue weighted by Gasteiger charge is 2.39. The molecule has 184 valence electrons. The Kier molecular flexibility index (Phi) is 8.34. The lowest BCUT2D eigenvalue weighted by Gasteiger charge is -2.16. The lowest BCUT2D eigenvalue weighted by Crippen LogP contribution is -2.30. The van der Waals surface area contributed by atoms with Crippen molar-refractivity contribution >= 4 is 36.0 Å². The van der Waals surface area contributed by atoms with E-state index in [1.807, 2.05) is 0 Å². The molecule has 3 atom stereocenters. The van der Waals surface area contributed by atoms with Gasteiger partial charge in [-0.25, -0.2) is 4.79 Å². The number of benzene rings is 1. The van der Waals surface area contributed by atoms with Gasteiger partial charge in [0.05, 0.1) is 18.6 Å². The van der Waals surface area contributed by atoms with Gasteiger partial charge >= 0.3 is 11.7 Å². The number of hydrogen-bond acceptors (Lipinski definition) is 10. The summed E-state index contributed by atoms with van der Waals surface area (Å²) in [6, 6.07) is 5.51. The summed E-state index contributed by atoms with van der Waals surface area (Å²) in [5, 5.41) is 12.0. The zero-order valence-corrected chi connectivity index (χ0v) is 18.7. The molecule has 1 aliphatic heterocycles. The normalized spacial score (nSPS) is 19.1. The Balaban J connectivity index is 1.71. The van der Waals surface area contributed by atoms with E-state index in [1.54, 1.807) is 0 Å². The number of nitrogens with zero attached hydrogens (tertiary/aromatic N) is 2. The number of esters is 1. The maximum absolute atomic E-state index is 12.6. The van der Waals surface area contributed by atoms with E-state index in [0.717, 1.165) is 4.57 Å². The number of carbonyl (C=O) groups excluding carboxylic acids is 5. The summed E-state index contributed by atoms with van der Waals surface area (Å²) >= 11 is 0. The molecule has 2 N–H and O–H groups in total. The van der Waals surface area contributed by atoms with Crippen molar-refractivity contribution in [2.24, 2.45) is 0 Å². The highest BCUT2D eigenvalue weighted by atomic mass is 16.6. The monoisotopic (exact) mass is 485 g/mol. The van der Waals surface area contributed by atoms with Crippen LogP contribution >= 0.6 is 0 Å². The van der Waals surface area contributed by atoms with Crippen LogP contribution in [0.4, 0.5) is 5.82 Å². The molecule has 1 amide bonds. The second-order valence-electron chi connectivity index (χ2n) is 7.78. The predicted molar refractivity (Wildman–Crippen MR) is 119 cm³/mol. The van der Waals surface area contributed by atoms with Crippen LogP contribution in [0.1, 0.15) is 63.5 Å². The number of aromatic nitrogens is 2. The second kappa shape index (κ2) is 11.4. The van der Waals surface area contributed by atoms with E-state index in [4.69, 9.17) is 9.47 Å². The fourth-order valence-electron chi connectivity index (χ4n) is 3.57. The van der Waals surface area contributed by atoms with E-state index in [0.29, 0.717) is 12.6 Å². The van der Waals surface area contributed by atoms with Gasteiger partial charge < -0.3 is 24.7 Å². The molecular formula is C23H23N3O9. The maximum Gasteiger partial charge on any atom is 0.351 e. The fraction of sp³-hybridized carbons (Fsp3) is 0.348.